The maximum absolute atomic E-state index is 12.4. The molecule has 150 valence electrons. The largest absolute Gasteiger partial charge is 0.466 e. The second-order valence-corrected chi connectivity index (χ2v) is 7.64. The third-order valence-corrected chi connectivity index (χ3v) is 5.63. The Bertz CT molecular complexity index is 1170. The first-order valence-corrected chi connectivity index (χ1v) is 10.4. The highest BCUT2D eigenvalue weighted by molar-refractivity contribution is 14.1. The number of hydrogen-bond acceptors (Lipinski definition) is 4. The Labute approximate surface area is 188 Å². The van der Waals surface area contributed by atoms with Crippen molar-refractivity contribution < 1.29 is 9.53 Å². The molecule has 0 bridgehead atoms. The van der Waals surface area contributed by atoms with Crippen LogP contribution in [0, 0.1) is 3.57 Å². The predicted octanol–water partition coefficient (Wildman–Crippen LogP) is 4.60. The number of aromatic nitrogens is 4. The normalized spacial score (nSPS) is 11.5. The summed E-state index contributed by atoms with van der Waals surface area (Å²) in [4.78, 5) is 16.5. The van der Waals surface area contributed by atoms with Crippen molar-refractivity contribution in [2.45, 2.75) is 6.54 Å². The topological polar surface area (TPSA) is 61.9 Å². The van der Waals surface area contributed by atoms with Crippen LogP contribution in [0.3, 0.4) is 0 Å². The van der Waals surface area contributed by atoms with Crippen molar-refractivity contribution in [3.8, 4) is 16.9 Å². The zero-order valence-corrected chi connectivity index (χ0v) is 18.4. The fraction of sp³-hybridized carbons (Fsp3) is 0.0870. The van der Waals surface area contributed by atoms with E-state index in [9.17, 15) is 4.79 Å². The highest BCUT2D eigenvalue weighted by atomic mass is 127. The Morgan fingerprint density at radius 1 is 1.10 bits per heavy atom. The molecule has 0 amide bonds. The average molecular weight is 510 g/mol. The minimum Gasteiger partial charge on any atom is -0.466 e. The van der Waals surface area contributed by atoms with Crippen LogP contribution in [0.2, 0.25) is 0 Å². The van der Waals surface area contributed by atoms with Crippen molar-refractivity contribution in [2.24, 2.45) is 0 Å². The van der Waals surface area contributed by atoms with Gasteiger partial charge in [-0.05, 0) is 40.8 Å². The maximum atomic E-state index is 12.4. The molecule has 4 aromatic rings. The maximum Gasteiger partial charge on any atom is 0.335 e. The van der Waals surface area contributed by atoms with Crippen molar-refractivity contribution >= 4 is 34.6 Å². The van der Waals surface area contributed by atoms with Crippen LogP contribution in [0.5, 0.6) is 0 Å². The molecule has 0 saturated heterocycles. The van der Waals surface area contributed by atoms with Gasteiger partial charge in [0.15, 0.2) is 0 Å². The zero-order valence-electron chi connectivity index (χ0n) is 16.3. The molecule has 30 heavy (non-hydrogen) atoms. The second kappa shape index (κ2) is 9.08. The van der Waals surface area contributed by atoms with Gasteiger partial charge in [0.25, 0.3) is 0 Å². The fourth-order valence-electron chi connectivity index (χ4n) is 3.15. The molecule has 2 heterocycles. The SMILES string of the molecule is COC(=O)/C(=C/c1nn(-c2ccccc2)c(-c2ccccc2)c1I)Cn1ccnc1. The smallest absolute Gasteiger partial charge is 0.335 e. The van der Waals surface area contributed by atoms with Gasteiger partial charge in [0.1, 0.15) is 5.69 Å². The summed E-state index contributed by atoms with van der Waals surface area (Å²) in [5.41, 5.74) is 4.17. The van der Waals surface area contributed by atoms with Gasteiger partial charge in [0.05, 0.1) is 40.5 Å². The summed E-state index contributed by atoms with van der Waals surface area (Å²) in [6.45, 7) is 0.349. The summed E-state index contributed by atoms with van der Waals surface area (Å²) >= 11 is 2.29. The van der Waals surface area contributed by atoms with E-state index in [4.69, 9.17) is 9.84 Å². The van der Waals surface area contributed by atoms with Gasteiger partial charge in [-0.2, -0.15) is 5.10 Å². The zero-order chi connectivity index (χ0) is 20.9. The molecule has 6 nitrogen and oxygen atoms in total. The van der Waals surface area contributed by atoms with E-state index in [1.807, 2.05) is 57.8 Å². The van der Waals surface area contributed by atoms with E-state index in [1.165, 1.54) is 7.11 Å². The van der Waals surface area contributed by atoms with Gasteiger partial charge in [-0.25, -0.2) is 14.5 Å². The molecule has 0 spiro atoms. The second-order valence-electron chi connectivity index (χ2n) is 6.56. The quantitative estimate of drug-likeness (QED) is 0.216. The number of methoxy groups -OCH3 is 1. The lowest BCUT2D eigenvalue weighted by Crippen LogP contribution is -2.11. The van der Waals surface area contributed by atoms with E-state index in [2.05, 4.69) is 39.7 Å². The van der Waals surface area contributed by atoms with E-state index in [0.29, 0.717) is 17.8 Å². The van der Waals surface area contributed by atoms with E-state index in [-0.39, 0.29) is 0 Å². The van der Waals surface area contributed by atoms with Crippen molar-refractivity contribution in [1.82, 2.24) is 19.3 Å². The molecular formula is C23H19IN4O2. The molecule has 0 N–H and O–H groups in total. The van der Waals surface area contributed by atoms with E-state index >= 15 is 0 Å². The van der Waals surface area contributed by atoms with Crippen molar-refractivity contribution in [2.75, 3.05) is 7.11 Å². The molecule has 4 rings (SSSR count). The first-order chi connectivity index (χ1) is 14.7. The Kier molecular flexibility index (Phi) is 6.08. The van der Waals surface area contributed by atoms with Crippen LogP contribution in [-0.4, -0.2) is 32.4 Å². The first-order valence-electron chi connectivity index (χ1n) is 9.31. The van der Waals surface area contributed by atoms with Crippen LogP contribution in [0.25, 0.3) is 23.0 Å². The number of para-hydroxylation sites is 1. The number of esters is 1. The van der Waals surface area contributed by atoms with Crippen LogP contribution in [0.15, 0.2) is 85.0 Å². The van der Waals surface area contributed by atoms with Gasteiger partial charge in [0, 0.05) is 18.0 Å². The molecule has 7 heteroatoms. The number of carbonyl (C=O) groups is 1. The molecule has 2 aromatic heterocycles. The average Bonchev–Trinajstić information content (AvgIpc) is 3.42. The molecule has 0 atom stereocenters. The van der Waals surface area contributed by atoms with Crippen LogP contribution >= 0.6 is 22.6 Å². The lowest BCUT2D eigenvalue weighted by atomic mass is 10.1. The minimum absolute atomic E-state index is 0.349. The van der Waals surface area contributed by atoms with Gasteiger partial charge < -0.3 is 9.30 Å². The first kappa shape index (κ1) is 20.1. The number of nitrogens with zero attached hydrogens (tertiary/aromatic N) is 4. The van der Waals surface area contributed by atoms with Crippen molar-refractivity contribution in [1.29, 1.82) is 0 Å². The number of rotatable bonds is 6. The third-order valence-electron chi connectivity index (χ3n) is 4.57. The Morgan fingerprint density at radius 3 is 2.43 bits per heavy atom. The summed E-state index contributed by atoms with van der Waals surface area (Å²) < 4.78 is 9.69. The van der Waals surface area contributed by atoms with Crippen molar-refractivity contribution in [3.63, 3.8) is 0 Å². The van der Waals surface area contributed by atoms with Crippen molar-refractivity contribution in [3.05, 3.63) is 94.2 Å². The number of hydrogen-bond donors (Lipinski definition) is 0. The van der Waals surface area contributed by atoms with E-state index in [1.54, 1.807) is 24.8 Å². The lowest BCUT2D eigenvalue weighted by Gasteiger charge is -2.08. The molecule has 0 aliphatic heterocycles. The van der Waals surface area contributed by atoms with Gasteiger partial charge >= 0.3 is 5.97 Å². The minimum atomic E-state index is -0.393. The molecule has 0 aliphatic carbocycles. The molecule has 0 saturated carbocycles. The highest BCUT2D eigenvalue weighted by Gasteiger charge is 2.19. The molecule has 2 aromatic carbocycles. The summed E-state index contributed by atoms with van der Waals surface area (Å²) in [7, 11) is 1.38. The summed E-state index contributed by atoms with van der Waals surface area (Å²) in [5, 5.41) is 4.84. The number of halogens is 1. The van der Waals surface area contributed by atoms with Gasteiger partial charge in [-0.3, -0.25) is 0 Å². The molecule has 0 fully saturated rings. The molecule has 0 aliphatic rings. The molecule has 0 radical (unpaired) electrons. The number of ether oxygens (including phenoxy) is 1. The van der Waals surface area contributed by atoms with E-state index < -0.39 is 5.97 Å². The fourth-order valence-corrected chi connectivity index (χ4v) is 3.95. The Balaban J connectivity index is 1.86. The summed E-state index contributed by atoms with van der Waals surface area (Å²) in [5.74, 6) is -0.393. The number of imidazole rings is 1. The Morgan fingerprint density at radius 2 is 1.80 bits per heavy atom. The standard InChI is InChI=1S/C23H19IN4O2/c1-30-23(29)18(15-27-13-12-25-16-27)14-20-21(24)22(17-8-4-2-5-9-17)28(26-20)19-10-6-3-7-11-19/h2-14,16H,15H2,1H3/b18-14+. The molecular weight excluding hydrogens is 491 g/mol. The van der Waals surface area contributed by atoms with Gasteiger partial charge in [-0.1, -0.05) is 48.5 Å². The van der Waals surface area contributed by atoms with Crippen LogP contribution in [0.1, 0.15) is 5.69 Å². The van der Waals surface area contributed by atoms with E-state index in [0.717, 1.165) is 20.5 Å². The summed E-state index contributed by atoms with van der Waals surface area (Å²) in [6.07, 6.45) is 6.94. The van der Waals surface area contributed by atoms with Crippen LogP contribution in [0.4, 0.5) is 0 Å². The molecule has 0 unspecified atom stereocenters. The monoisotopic (exact) mass is 510 g/mol. The third kappa shape index (κ3) is 4.20. The van der Waals surface area contributed by atoms with Gasteiger partial charge in [0.2, 0.25) is 0 Å². The Hall–Kier alpha value is -3.20. The highest BCUT2D eigenvalue weighted by Crippen LogP contribution is 2.31. The number of benzene rings is 2. The predicted molar refractivity (Wildman–Crippen MR) is 124 cm³/mol. The summed E-state index contributed by atoms with van der Waals surface area (Å²) in [6, 6.07) is 20.1. The van der Waals surface area contributed by atoms with Gasteiger partial charge in [-0.15, -0.1) is 0 Å². The lowest BCUT2D eigenvalue weighted by molar-refractivity contribution is -0.136. The van der Waals surface area contributed by atoms with Crippen LogP contribution in [-0.2, 0) is 16.1 Å². The van der Waals surface area contributed by atoms with Crippen LogP contribution < -0.4 is 0 Å². The number of carbonyl (C=O) groups excluding carboxylic acids is 1.